The van der Waals surface area contributed by atoms with Crippen molar-refractivity contribution in [2.24, 2.45) is 17.3 Å². The van der Waals surface area contributed by atoms with Gasteiger partial charge in [-0.05, 0) is 101 Å². The minimum Gasteiger partial charge on any atom is -0.469 e. The second kappa shape index (κ2) is 18.2. The zero-order chi connectivity index (χ0) is 41.0. The molecule has 0 radical (unpaired) electrons. The van der Waals surface area contributed by atoms with Gasteiger partial charge in [0.25, 0.3) is 0 Å². The molecule has 1 aromatic heterocycles. The van der Waals surface area contributed by atoms with Crippen LogP contribution in [0.5, 0.6) is 0 Å². The summed E-state index contributed by atoms with van der Waals surface area (Å²) in [5.41, 5.74) is 3.07. The van der Waals surface area contributed by atoms with E-state index in [9.17, 15) is 4.79 Å². The van der Waals surface area contributed by atoms with Crippen LogP contribution in [0, 0.1) is 24.2 Å². The van der Waals surface area contributed by atoms with Crippen molar-refractivity contribution in [3.8, 4) is 0 Å². The molecule has 53 heavy (non-hydrogen) atoms. The number of carbonyl (C=O) groups excluding carboxylic acids is 1. The van der Waals surface area contributed by atoms with Gasteiger partial charge in [-0.15, -0.1) is 11.3 Å². The number of hydrogen-bond acceptors (Lipinski definition) is 8. The molecule has 0 aromatic carbocycles. The zero-order valence-electron chi connectivity index (χ0n) is 37.3. The van der Waals surface area contributed by atoms with Crippen molar-refractivity contribution in [2.75, 3.05) is 7.11 Å². The van der Waals surface area contributed by atoms with Gasteiger partial charge >= 0.3 is 5.97 Å². The first-order valence-corrected chi connectivity index (χ1v) is 26.3. The molecule has 1 saturated heterocycles. The Morgan fingerprint density at radius 1 is 0.981 bits per heavy atom. The van der Waals surface area contributed by atoms with E-state index in [-0.39, 0.29) is 58.7 Å². The average Bonchev–Trinajstić information content (AvgIpc) is 3.41. The third-order valence-corrected chi connectivity index (χ3v) is 21.8. The number of rotatable bonds is 16. The van der Waals surface area contributed by atoms with Crippen molar-refractivity contribution >= 4 is 40.0 Å². The first kappa shape index (κ1) is 47.7. The van der Waals surface area contributed by atoms with E-state index in [2.05, 4.69) is 144 Å². The van der Waals surface area contributed by atoms with Crippen LogP contribution < -0.4 is 0 Å². The quantitative estimate of drug-likeness (QED) is 0.0937. The maximum atomic E-state index is 12.5. The zero-order valence-corrected chi connectivity index (χ0v) is 40.1. The SMILES string of the molecule is COC(=O)C[C@@H]1OC(C)(C)O[C@@H]([C@H](C)[C@@H](O[Si](C)(C)C(C)(C)C)[C@@H](C)/C=C\C/C(C)=C\C[C@H](O[Si](C)(C)C(C)(C)C)/C(C)=C/c2csc(C)n2)C1(C)C. The minimum absolute atomic E-state index is 0.00550. The summed E-state index contributed by atoms with van der Waals surface area (Å²) in [4.78, 5) is 17.2. The van der Waals surface area contributed by atoms with Gasteiger partial charge in [-0.3, -0.25) is 4.79 Å². The number of hydrogen-bond donors (Lipinski definition) is 0. The van der Waals surface area contributed by atoms with Crippen LogP contribution in [0.2, 0.25) is 36.3 Å². The summed E-state index contributed by atoms with van der Waals surface area (Å²) < 4.78 is 32.5. The smallest absolute Gasteiger partial charge is 0.308 e. The lowest BCUT2D eigenvalue weighted by molar-refractivity contribution is -0.353. The molecule has 7 nitrogen and oxygen atoms in total. The summed E-state index contributed by atoms with van der Waals surface area (Å²) in [5.74, 6) is -0.991. The van der Waals surface area contributed by atoms with Gasteiger partial charge in [0.1, 0.15) is 0 Å². The monoisotopic (exact) mass is 792 g/mol. The molecule has 2 heterocycles. The Kier molecular flexibility index (Phi) is 16.4. The van der Waals surface area contributed by atoms with Gasteiger partial charge in [-0.2, -0.15) is 0 Å². The number of aromatic nitrogens is 1. The molecular weight excluding hydrogens is 715 g/mol. The number of thiazole rings is 1. The van der Waals surface area contributed by atoms with Gasteiger partial charge in [0.05, 0.1) is 48.6 Å². The molecule has 1 aliphatic heterocycles. The molecule has 1 fully saturated rings. The molecular formula is C43H77NO6SSi2. The normalized spacial score (nSPS) is 22.8. The van der Waals surface area contributed by atoms with E-state index in [4.69, 9.17) is 23.1 Å². The van der Waals surface area contributed by atoms with Crippen LogP contribution in [-0.2, 0) is 27.9 Å². The lowest BCUT2D eigenvalue weighted by atomic mass is 9.70. The third kappa shape index (κ3) is 13.4. The summed E-state index contributed by atoms with van der Waals surface area (Å²) in [6, 6.07) is 0. The summed E-state index contributed by atoms with van der Waals surface area (Å²) in [6.07, 6.45) is 10.3. The molecule has 0 unspecified atom stereocenters. The maximum Gasteiger partial charge on any atom is 0.308 e. The topological polar surface area (TPSA) is 76.1 Å². The molecule has 0 saturated carbocycles. The average molecular weight is 792 g/mol. The van der Waals surface area contributed by atoms with Gasteiger partial charge in [0, 0.05) is 16.7 Å². The lowest BCUT2D eigenvalue weighted by Gasteiger charge is -2.54. The van der Waals surface area contributed by atoms with E-state index < -0.39 is 27.8 Å². The van der Waals surface area contributed by atoms with Crippen molar-refractivity contribution < 1.29 is 27.9 Å². The second-order valence-electron chi connectivity index (χ2n) is 19.7. The molecule has 304 valence electrons. The fraction of sp³-hybridized carbons (Fsp3) is 0.767. The standard InChI is InChI=1S/C43H77NO6SSi2/c1-29(24-25-35(49-52(17,18)40(6,7)8)31(3)26-34-28-51-33(5)44-34)22-21-23-30(2)38(50-53(19,20)41(9,10)11)32(4)39-42(12,13)36(27-37(45)46-16)47-43(14,15)48-39/h21,23-24,26,28,30,32,35-36,38-39H,22,25,27H2,1-20H3/b23-21-,29-24-,31-26+/t30-,32+,35-,36-,38-,39-/m0/s1. The molecule has 6 atom stereocenters. The first-order valence-electron chi connectivity index (χ1n) is 19.6. The molecule has 2 rings (SSSR count). The Hall–Kier alpha value is -1.41. The number of allylic oxidation sites excluding steroid dienone is 2. The van der Waals surface area contributed by atoms with E-state index in [1.807, 2.05) is 20.8 Å². The van der Waals surface area contributed by atoms with Crippen LogP contribution >= 0.6 is 11.3 Å². The highest BCUT2D eigenvalue weighted by Crippen LogP contribution is 2.48. The molecule has 0 aliphatic carbocycles. The number of aryl methyl sites for hydroxylation is 1. The number of nitrogens with zero attached hydrogens (tertiary/aromatic N) is 1. The van der Waals surface area contributed by atoms with Crippen LogP contribution in [0.15, 0.2) is 34.8 Å². The predicted octanol–water partition coefficient (Wildman–Crippen LogP) is 12.3. The Morgan fingerprint density at radius 3 is 2.06 bits per heavy atom. The largest absolute Gasteiger partial charge is 0.469 e. The summed E-state index contributed by atoms with van der Waals surface area (Å²) in [7, 11) is -2.76. The fourth-order valence-electron chi connectivity index (χ4n) is 6.47. The highest BCUT2D eigenvalue weighted by atomic mass is 32.1. The van der Waals surface area contributed by atoms with E-state index in [1.165, 1.54) is 18.3 Å². The minimum atomic E-state index is -2.17. The lowest BCUT2D eigenvalue weighted by Crippen LogP contribution is -2.61. The second-order valence-corrected chi connectivity index (χ2v) is 30.2. The molecule has 0 N–H and O–H groups in total. The van der Waals surface area contributed by atoms with Crippen LogP contribution in [0.1, 0.15) is 127 Å². The third-order valence-electron chi connectivity index (χ3n) is 12.1. The molecule has 1 aromatic rings. The number of esters is 1. The van der Waals surface area contributed by atoms with Gasteiger partial charge < -0.3 is 23.1 Å². The predicted molar refractivity (Wildman–Crippen MR) is 229 cm³/mol. The Morgan fingerprint density at radius 2 is 1.55 bits per heavy atom. The van der Waals surface area contributed by atoms with Crippen LogP contribution in [0.25, 0.3) is 6.08 Å². The fourth-order valence-corrected chi connectivity index (χ4v) is 9.85. The van der Waals surface area contributed by atoms with Crippen molar-refractivity contribution in [1.82, 2.24) is 4.98 Å². The molecule has 1 aliphatic rings. The van der Waals surface area contributed by atoms with Gasteiger partial charge in [-0.25, -0.2) is 4.98 Å². The van der Waals surface area contributed by atoms with E-state index in [1.54, 1.807) is 11.3 Å². The van der Waals surface area contributed by atoms with Crippen molar-refractivity contribution in [3.05, 3.63) is 45.5 Å². The molecule has 0 amide bonds. The summed E-state index contributed by atoms with van der Waals surface area (Å²) in [5, 5.41) is 3.35. The number of methoxy groups -OCH3 is 1. The van der Waals surface area contributed by atoms with Crippen molar-refractivity contribution in [2.45, 2.75) is 190 Å². The molecule has 0 spiro atoms. The van der Waals surface area contributed by atoms with Gasteiger partial charge in [0.15, 0.2) is 22.4 Å². The van der Waals surface area contributed by atoms with Gasteiger partial charge in [-0.1, -0.05) is 93.0 Å². The van der Waals surface area contributed by atoms with E-state index in [0.717, 1.165) is 23.5 Å². The van der Waals surface area contributed by atoms with Crippen LogP contribution in [0.3, 0.4) is 0 Å². The Bertz CT molecular complexity index is 1440. The highest BCUT2D eigenvalue weighted by Gasteiger charge is 2.54. The summed E-state index contributed by atoms with van der Waals surface area (Å²) >= 11 is 1.68. The maximum absolute atomic E-state index is 12.5. The van der Waals surface area contributed by atoms with Crippen LogP contribution in [0.4, 0.5) is 0 Å². The Labute approximate surface area is 331 Å². The first-order chi connectivity index (χ1) is 23.9. The van der Waals surface area contributed by atoms with E-state index >= 15 is 0 Å². The Balaban J connectivity index is 2.39. The summed E-state index contributed by atoms with van der Waals surface area (Å²) in [6.45, 7) is 42.2. The highest BCUT2D eigenvalue weighted by molar-refractivity contribution is 7.09. The number of carbonyl (C=O) groups is 1. The van der Waals surface area contributed by atoms with Crippen molar-refractivity contribution in [3.63, 3.8) is 0 Å². The molecule has 10 heteroatoms. The molecule has 0 bridgehead atoms. The van der Waals surface area contributed by atoms with Crippen molar-refractivity contribution in [1.29, 1.82) is 0 Å². The van der Waals surface area contributed by atoms with E-state index in [0.29, 0.717) is 0 Å². The van der Waals surface area contributed by atoms with Crippen LogP contribution in [-0.4, -0.2) is 64.9 Å². The van der Waals surface area contributed by atoms with Gasteiger partial charge in [0.2, 0.25) is 0 Å². The number of ether oxygens (including phenoxy) is 3.